The highest BCUT2D eigenvalue weighted by molar-refractivity contribution is 5.67. The molecule has 1 rings (SSSR count). The smallest absolute Gasteiger partial charge is 0.407 e. The zero-order valence-electron chi connectivity index (χ0n) is 9.79. The van der Waals surface area contributed by atoms with Crippen molar-refractivity contribution in [1.82, 2.24) is 5.32 Å². The van der Waals surface area contributed by atoms with E-state index in [1.807, 2.05) is 39.8 Å². The van der Waals surface area contributed by atoms with Gasteiger partial charge in [-0.2, -0.15) is 0 Å². The third kappa shape index (κ3) is 5.42. The highest BCUT2D eigenvalue weighted by Crippen LogP contribution is 2.26. The molecule has 0 aromatic carbocycles. The Morgan fingerprint density at radius 1 is 1.60 bits per heavy atom. The van der Waals surface area contributed by atoms with Crippen molar-refractivity contribution >= 4 is 6.09 Å². The Balaban J connectivity index is 2.14. The maximum absolute atomic E-state index is 11.2. The number of alkyl carbamates (subject to hydrolysis) is 1. The number of carbonyl (C=O) groups is 1. The molecule has 1 atom stereocenters. The van der Waals surface area contributed by atoms with Crippen LogP contribution in [-0.2, 0) is 9.47 Å². The average Bonchev–Trinajstić information content (AvgIpc) is 2.75. The summed E-state index contributed by atoms with van der Waals surface area (Å²) in [6.07, 6.45) is 3.43. The summed E-state index contributed by atoms with van der Waals surface area (Å²) in [6, 6.07) is 0. The molecule has 1 saturated heterocycles. The quantitative estimate of drug-likeness (QED) is 0.575. The van der Waals surface area contributed by atoms with E-state index in [0.29, 0.717) is 6.54 Å². The Labute approximate surface area is 90.6 Å². The van der Waals surface area contributed by atoms with Gasteiger partial charge in [0.25, 0.3) is 0 Å². The van der Waals surface area contributed by atoms with E-state index in [9.17, 15) is 4.79 Å². The van der Waals surface area contributed by atoms with Gasteiger partial charge in [0.05, 0.1) is 6.61 Å². The second-order valence-corrected chi connectivity index (χ2v) is 4.89. The van der Waals surface area contributed by atoms with Crippen molar-refractivity contribution in [3.8, 4) is 0 Å². The van der Waals surface area contributed by atoms with Gasteiger partial charge in [-0.1, -0.05) is 12.2 Å². The topological polar surface area (TPSA) is 50.9 Å². The van der Waals surface area contributed by atoms with Crippen molar-refractivity contribution in [3.05, 3.63) is 12.2 Å². The van der Waals surface area contributed by atoms with Crippen LogP contribution in [0.15, 0.2) is 12.2 Å². The van der Waals surface area contributed by atoms with Gasteiger partial charge in [-0.25, -0.2) is 4.79 Å². The SMILES string of the molecule is CC(C)(C)OC(=O)NC/C=C/C1(C)CO1. The predicted molar refractivity (Wildman–Crippen MR) is 57.7 cm³/mol. The summed E-state index contributed by atoms with van der Waals surface area (Å²) in [5.41, 5.74) is -0.547. The van der Waals surface area contributed by atoms with Gasteiger partial charge in [-0.15, -0.1) is 0 Å². The molecule has 4 nitrogen and oxygen atoms in total. The summed E-state index contributed by atoms with van der Waals surface area (Å²) in [6.45, 7) is 8.73. The van der Waals surface area contributed by atoms with Crippen LogP contribution in [0.2, 0.25) is 0 Å². The molecule has 0 saturated carbocycles. The van der Waals surface area contributed by atoms with E-state index in [-0.39, 0.29) is 5.60 Å². The summed E-state index contributed by atoms with van der Waals surface area (Å²) in [4.78, 5) is 11.2. The number of hydrogen-bond donors (Lipinski definition) is 1. The fourth-order valence-corrected chi connectivity index (χ4v) is 0.975. The summed E-state index contributed by atoms with van der Waals surface area (Å²) >= 11 is 0. The molecular formula is C11H19NO3. The van der Waals surface area contributed by atoms with Crippen LogP contribution in [0.4, 0.5) is 4.79 Å². The molecule has 0 aliphatic carbocycles. The average molecular weight is 213 g/mol. The normalized spacial score (nSPS) is 25.3. The summed E-state index contributed by atoms with van der Waals surface area (Å²) in [5, 5.41) is 2.64. The largest absolute Gasteiger partial charge is 0.444 e. The van der Waals surface area contributed by atoms with E-state index in [1.165, 1.54) is 0 Å². The first-order valence-corrected chi connectivity index (χ1v) is 5.09. The molecule has 1 fully saturated rings. The first kappa shape index (κ1) is 12.0. The fraction of sp³-hybridized carbons (Fsp3) is 0.727. The zero-order chi connectivity index (χ0) is 11.5. The first-order chi connectivity index (χ1) is 6.81. The Morgan fingerprint density at radius 2 is 2.20 bits per heavy atom. The van der Waals surface area contributed by atoms with Crippen LogP contribution in [0, 0.1) is 0 Å². The minimum absolute atomic E-state index is 0.102. The lowest BCUT2D eigenvalue weighted by Crippen LogP contribution is -2.32. The fourth-order valence-electron chi connectivity index (χ4n) is 0.975. The molecule has 4 heteroatoms. The molecule has 15 heavy (non-hydrogen) atoms. The number of ether oxygens (including phenoxy) is 2. The van der Waals surface area contributed by atoms with E-state index in [2.05, 4.69) is 5.32 Å². The van der Waals surface area contributed by atoms with Crippen LogP contribution in [-0.4, -0.2) is 30.4 Å². The number of carbonyl (C=O) groups excluding carboxylic acids is 1. The lowest BCUT2D eigenvalue weighted by Gasteiger charge is -2.19. The van der Waals surface area contributed by atoms with Crippen LogP contribution in [0.25, 0.3) is 0 Å². The van der Waals surface area contributed by atoms with Gasteiger partial charge >= 0.3 is 6.09 Å². The van der Waals surface area contributed by atoms with Crippen LogP contribution < -0.4 is 5.32 Å². The molecule has 1 unspecified atom stereocenters. The standard InChI is InChI=1S/C11H19NO3/c1-10(2,3)15-9(13)12-7-5-6-11(4)8-14-11/h5-6H,7-8H2,1-4H3,(H,12,13)/b6-5+. The Morgan fingerprint density at radius 3 is 2.67 bits per heavy atom. The predicted octanol–water partition coefficient (Wildman–Crippen LogP) is 1.86. The van der Waals surface area contributed by atoms with Crippen LogP contribution >= 0.6 is 0 Å². The molecule has 0 spiro atoms. The van der Waals surface area contributed by atoms with Crippen molar-refractivity contribution in [2.24, 2.45) is 0 Å². The van der Waals surface area contributed by atoms with E-state index >= 15 is 0 Å². The molecule has 0 bridgehead atoms. The molecule has 1 heterocycles. The van der Waals surface area contributed by atoms with Gasteiger partial charge in [-0.3, -0.25) is 0 Å². The molecule has 86 valence electrons. The van der Waals surface area contributed by atoms with Gasteiger partial charge < -0.3 is 14.8 Å². The summed E-state index contributed by atoms with van der Waals surface area (Å²) in [7, 11) is 0. The van der Waals surface area contributed by atoms with Crippen molar-refractivity contribution in [3.63, 3.8) is 0 Å². The van der Waals surface area contributed by atoms with Gasteiger partial charge in [0.15, 0.2) is 0 Å². The lowest BCUT2D eigenvalue weighted by molar-refractivity contribution is 0.0534. The van der Waals surface area contributed by atoms with Gasteiger partial charge in [0.2, 0.25) is 0 Å². The third-order valence-corrected chi connectivity index (χ3v) is 1.83. The Kier molecular flexibility index (Phi) is 3.39. The number of nitrogens with one attached hydrogen (secondary N) is 1. The Bertz CT molecular complexity index is 261. The second kappa shape index (κ2) is 4.23. The van der Waals surface area contributed by atoms with Crippen LogP contribution in [0.3, 0.4) is 0 Å². The molecule has 1 aliphatic heterocycles. The van der Waals surface area contributed by atoms with Gasteiger partial charge in [-0.05, 0) is 27.7 Å². The molecule has 1 N–H and O–H groups in total. The van der Waals surface area contributed by atoms with E-state index in [4.69, 9.17) is 9.47 Å². The highest BCUT2D eigenvalue weighted by Gasteiger charge is 2.35. The van der Waals surface area contributed by atoms with Crippen molar-refractivity contribution in [2.45, 2.75) is 38.9 Å². The molecule has 1 aliphatic rings. The monoisotopic (exact) mass is 213 g/mol. The second-order valence-electron chi connectivity index (χ2n) is 4.89. The summed E-state index contributed by atoms with van der Waals surface area (Å²) in [5.74, 6) is 0. The zero-order valence-corrected chi connectivity index (χ0v) is 9.79. The van der Waals surface area contributed by atoms with Crippen LogP contribution in [0.1, 0.15) is 27.7 Å². The molecule has 1 amide bonds. The lowest BCUT2D eigenvalue weighted by atomic mass is 10.2. The van der Waals surface area contributed by atoms with Crippen molar-refractivity contribution < 1.29 is 14.3 Å². The van der Waals surface area contributed by atoms with Gasteiger partial charge in [0.1, 0.15) is 11.2 Å². The van der Waals surface area contributed by atoms with Crippen molar-refractivity contribution in [1.29, 1.82) is 0 Å². The third-order valence-electron chi connectivity index (χ3n) is 1.83. The number of amides is 1. The minimum Gasteiger partial charge on any atom is -0.444 e. The number of epoxide rings is 1. The maximum atomic E-state index is 11.2. The molecule has 0 radical (unpaired) electrons. The highest BCUT2D eigenvalue weighted by atomic mass is 16.6. The van der Waals surface area contributed by atoms with E-state index < -0.39 is 11.7 Å². The number of rotatable bonds is 3. The minimum atomic E-state index is -0.445. The van der Waals surface area contributed by atoms with Crippen molar-refractivity contribution in [2.75, 3.05) is 13.2 Å². The van der Waals surface area contributed by atoms with Gasteiger partial charge in [0, 0.05) is 6.54 Å². The Hall–Kier alpha value is -1.03. The summed E-state index contributed by atoms with van der Waals surface area (Å²) < 4.78 is 10.2. The van der Waals surface area contributed by atoms with Crippen LogP contribution in [0.5, 0.6) is 0 Å². The van der Waals surface area contributed by atoms with E-state index in [0.717, 1.165) is 6.61 Å². The molecule has 0 aromatic heterocycles. The molecule has 0 aromatic rings. The number of hydrogen-bond acceptors (Lipinski definition) is 3. The first-order valence-electron chi connectivity index (χ1n) is 5.09. The molecular weight excluding hydrogens is 194 g/mol. The maximum Gasteiger partial charge on any atom is 0.407 e. The van der Waals surface area contributed by atoms with E-state index in [1.54, 1.807) is 0 Å².